The van der Waals surface area contributed by atoms with Gasteiger partial charge in [0.1, 0.15) is 0 Å². The van der Waals surface area contributed by atoms with E-state index in [9.17, 15) is 4.79 Å². The number of nitrogens with zero attached hydrogens (tertiary/aromatic N) is 1. The highest BCUT2D eigenvalue weighted by Gasteiger charge is 2.42. The van der Waals surface area contributed by atoms with Crippen LogP contribution in [0.1, 0.15) is 19.3 Å². The van der Waals surface area contributed by atoms with E-state index in [0.29, 0.717) is 6.42 Å². The van der Waals surface area contributed by atoms with Crippen molar-refractivity contribution in [2.75, 3.05) is 32.9 Å². The second-order valence-corrected chi connectivity index (χ2v) is 4.80. The van der Waals surface area contributed by atoms with E-state index in [1.165, 1.54) is 0 Å². The summed E-state index contributed by atoms with van der Waals surface area (Å²) in [5, 5.41) is 2.93. The average Bonchev–Trinajstić information content (AvgIpc) is 2.85. The molecule has 0 aromatic heterocycles. The first-order valence-electron chi connectivity index (χ1n) is 5.10. The molecule has 0 bridgehead atoms. The maximum atomic E-state index is 11.5. The summed E-state index contributed by atoms with van der Waals surface area (Å²) in [6.07, 6.45) is 2.99. The van der Waals surface area contributed by atoms with Gasteiger partial charge in [0.25, 0.3) is 0 Å². The molecule has 0 radical (unpaired) electrons. The van der Waals surface area contributed by atoms with Crippen LogP contribution in [0.15, 0.2) is 0 Å². The third-order valence-electron chi connectivity index (χ3n) is 2.71. The molecule has 0 spiro atoms. The van der Waals surface area contributed by atoms with Crippen LogP contribution in [0.4, 0.5) is 0 Å². The number of rotatable bonds is 6. The second kappa shape index (κ2) is 5.03. The minimum Gasteiger partial charge on any atom is -0.355 e. The second-order valence-electron chi connectivity index (χ2n) is 4.49. The van der Waals surface area contributed by atoms with Crippen molar-refractivity contribution in [1.82, 2.24) is 10.2 Å². The van der Waals surface area contributed by atoms with E-state index >= 15 is 0 Å². The van der Waals surface area contributed by atoms with Gasteiger partial charge in [-0.25, -0.2) is 0 Å². The Bertz CT molecular complexity index is 202. The zero-order valence-electron chi connectivity index (χ0n) is 9.05. The summed E-state index contributed by atoms with van der Waals surface area (Å²) in [6, 6.07) is 0. The molecular weight excluding hydrogens is 196 g/mol. The molecule has 0 aliphatic heterocycles. The molecule has 0 aromatic carbocycles. The molecule has 1 fully saturated rings. The fraction of sp³-hybridized carbons (Fsp3) is 0.900. The third kappa shape index (κ3) is 3.88. The highest BCUT2D eigenvalue weighted by molar-refractivity contribution is 7.80. The fourth-order valence-electron chi connectivity index (χ4n) is 1.39. The van der Waals surface area contributed by atoms with Gasteiger partial charge in [0.15, 0.2) is 0 Å². The number of hydrogen-bond donors (Lipinski definition) is 2. The molecule has 0 unspecified atom stereocenters. The number of hydrogen-bond acceptors (Lipinski definition) is 3. The molecule has 0 heterocycles. The maximum Gasteiger partial charge on any atom is 0.220 e. The third-order valence-corrected chi connectivity index (χ3v) is 3.38. The molecule has 0 saturated heterocycles. The van der Waals surface area contributed by atoms with Crippen LogP contribution in [0.2, 0.25) is 0 Å². The number of likely N-dealkylation sites (N-methyl/N-ethyl adjacent to an activating group) is 1. The molecule has 1 N–H and O–H groups in total. The minimum atomic E-state index is 0.179. The number of carbonyl (C=O) groups is 1. The predicted molar refractivity (Wildman–Crippen MR) is 61.7 cm³/mol. The lowest BCUT2D eigenvalue weighted by atomic mass is 10.1. The Morgan fingerprint density at radius 1 is 1.50 bits per heavy atom. The highest BCUT2D eigenvalue weighted by atomic mass is 32.1. The molecule has 3 nitrogen and oxygen atoms in total. The summed E-state index contributed by atoms with van der Waals surface area (Å²) in [5.74, 6) is 1.02. The lowest BCUT2D eigenvalue weighted by molar-refractivity contribution is -0.122. The van der Waals surface area contributed by atoms with Gasteiger partial charge in [0, 0.05) is 19.5 Å². The average molecular weight is 216 g/mol. The lowest BCUT2D eigenvalue weighted by Gasteiger charge is -2.13. The maximum absolute atomic E-state index is 11.5. The zero-order valence-corrected chi connectivity index (χ0v) is 9.94. The molecule has 1 saturated carbocycles. The molecule has 1 amide bonds. The van der Waals surface area contributed by atoms with Gasteiger partial charge in [-0.15, -0.1) is 0 Å². The molecule has 1 aliphatic rings. The molecule has 1 rings (SSSR count). The zero-order chi connectivity index (χ0) is 10.6. The standard InChI is InChI=1S/C10H20N2OS/c1-12(2)6-5-11-9(13)7-10(8-14)3-4-10/h14H,3-8H2,1-2H3,(H,11,13). The van der Waals surface area contributed by atoms with Gasteiger partial charge in [-0.3, -0.25) is 4.79 Å². The van der Waals surface area contributed by atoms with Crippen LogP contribution in [0.25, 0.3) is 0 Å². The summed E-state index contributed by atoms with van der Waals surface area (Å²) >= 11 is 4.27. The van der Waals surface area contributed by atoms with Crippen LogP contribution in [-0.2, 0) is 4.79 Å². The first-order chi connectivity index (χ1) is 6.58. The van der Waals surface area contributed by atoms with E-state index in [2.05, 4.69) is 22.8 Å². The Morgan fingerprint density at radius 2 is 2.14 bits per heavy atom. The SMILES string of the molecule is CN(C)CCNC(=O)CC1(CS)CC1. The first kappa shape index (κ1) is 11.9. The van der Waals surface area contributed by atoms with Crippen molar-refractivity contribution in [1.29, 1.82) is 0 Å². The lowest BCUT2D eigenvalue weighted by Crippen LogP contribution is -2.32. The van der Waals surface area contributed by atoms with E-state index in [1.807, 2.05) is 14.1 Å². The van der Waals surface area contributed by atoms with Crippen LogP contribution in [-0.4, -0.2) is 43.7 Å². The van der Waals surface area contributed by atoms with E-state index in [0.717, 1.165) is 31.7 Å². The monoisotopic (exact) mass is 216 g/mol. The Balaban J connectivity index is 2.10. The van der Waals surface area contributed by atoms with Gasteiger partial charge in [0.2, 0.25) is 5.91 Å². The van der Waals surface area contributed by atoms with Crippen molar-refractivity contribution in [2.24, 2.45) is 5.41 Å². The predicted octanol–water partition coefficient (Wildman–Crippen LogP) is 0.764. The van der Waals surface area contributed by atoms with Crippen molar-refractivity contribution in [3.63, 3.8) is 0 Å². The smallest absolute Gasteiger partial charge is 0.220 e. The van der Waals surface area contributed by atoms with Gasteiger partial charge < -0.3 is 10.2 Å². The number of thiol groups is 1. The number of amides is 1. The summed E-state index contributed by atoms with van der Waals surface area (Å²) < 4.78 is 0. The summed E-state index contributed by atoms with van der Waals surface area (Å²) in [7, 11) is 4.00. The highest BCUT2D eigenvalue weighted by Crippen LogP contribution is 2.49. The van der Waals surface area contributed by atoms with E-state index < -0.39 is 0 Å². The van der Waals surface area contributed by atoms with Gasteiger partial charge in [-0.2, -0.15) is 12.6 Å². The molecular formula is C10H20N2OS. The largest absolute Gasteiger partial charge is 0.355 e. The Hall–Kier alpha value is -0.220. The summed E-state index contributed by atoms with van der Waals surface area (Å²) in [4.78, 5) is 13.5. The van der Waals surface area contributed by atoms with E-state index in [-0.39, 0.29) is 11.3 Å². The van der Waals surface area contributed by atoms with E-state index in [1.54, 1.807) is 0 Å². The summed E-state index contributed by atoms with van der Waals surface area (Å²) in [6.45, 7) is 1.65. The van der Waals surface area contributed by atoms with Crippen molar-refractivity contribution in [2.45, 2.75) is 19.3 Å². The number of carbonyl (C=O) groups excluding carboxylic acids is 1. The molecule has 4 heteroatoms. The van der Waals surface area contributed by atoms with Crippen LogP contribution >= 0.6 is 12.6 Å². The van der Waals surface area contributed by atoms with Crippen LogP contribution in [0, 0.1) is 5.41 Å². The van der Waals surface area contributed by atoms with Crippen molar-refractivity contribution in [3.05, 3.63) is 0 Å². The van der Waals surface area contributed by atoms with Crippen LogP contribution in [0.5, 0.6) is 0 Å². The molecule has 14 heavy (non-hydrogen) atoms. The minimum absolute atomic E-state index is 0.179. The Kier molecular flexibility index (Phi) is 4.26. The quantitative estimate of drug-likeness (QED) is 0.643. The molecule has 0 aromatic rings. The van der Waals surface area contributed by atoms with E-state index in [4.69, 9.17) is 0 Å². The Labute approximate surface area is 91.6 Å². The van der Waals surface area contributed by atoms with Gasteiger partial charge in [0.05, 0.1) is 0 Å². The topological polar surface area (TPSA) is 32.3 Å². The van der Waals surface area contributed by atoms with Crippen molar-refractivity contribution in [3.8, 4) is 0 Å². The van der Waals surface area contributed by atoms with Crippen molar-refractivity contribution < 1.29 is 4.79 Å². The first-order valence-corrected chi connectivity index (χ1v) is 5.73. The normalized spacial score (nSPS) is 18.3. The van der Waals surface area contributed by atoms with Gasteiger partial charge in [-0.05, 0) is 38.1 Å². The van der Waals surface area contributed by atoms with Gasteiger partial charge >= 0.3 is 0 Å². The fourth-order valence-corrected chi connectivity index (χ4v) is 1.82. The van der Waals surface area contributed by atoms with Crippen LogP contribution < -0.4 is 5.32 Å². The summed E-state index contributed by atoms with van der Waals surface area (Å²) in [5.41, 5.74) is 0.241. The van der Waals surface area contributed by atoms with Crippen molar-refractivity contribution >= 4 is 18.5 Å². The van der Waals surface area contributed by atoms with Gasteiger partial charge in [-0.1, -0.05) is 0 Å². The van der Waals surface area contributed by atoms with Crippen LogP contribution in [0.3, 0.4) is 0 Å². The molecule has 82 valence electrons. The molecule has 0 atom stereocenters. The Morgan fingerprint density at radius 3 is 2.57 bits per heavy atom. The molecule has 1 aliphatic carbocycles. The number of nitrogens with one attached hydrogen (secondary N) is 1.